The summed E-state index contributed by atoms with van der Waals surface area (Å²) in [5.41, 5.74) is 4.26. The third-order valence-corrected chi connectivity index (χ3v) is 1.49. The van der Waals surface area contributed by atoms with Gasteiger partial charge in [0.25, 0.3) is 0 Å². The molecule has 84 valence electrons. The largest absolute Gasteiger partial charge is 0.444 e. The van der Waals surface area contributed by atoms with E-state index in [1.54, 1.807) is 20.8 Å². The number of alkyl halides is 2. The summed E-state index contributed by atoms with van der Waals surface area (Å²) < 4.78 is 27.7. The molecule has 1 aliphatic rings. The Morgan fingerprint density at radius 1 is 1.36 bits per heavy atom. The van der Waals surface area contributed by atoms with Crippen molar-refractivity contribution in [2.45, 2.75) is 51.6 Å². The number of halogens is 2. The fourth-order valence-corrected chi connectivity index (χ4v) is 0.746. The second-order valence-corrected chi connectivity index (χ2v) is 4.24. The van der Waals surface area contributed by atoms with Crippen molar-refractivity contribution < 1.29 is 18.3 Å². The lowest BCUT2D eigenvalue weighted by atomic mass is 9.95. The van der Waals surface area contributed by atoms with Crippen molar-refractivity contribution in [3.8, 4) is 0 Å². The summed E-state index contributed by atoms with van der Waals surface area (Å²) in [6.07, 6.45) is 0.227. The van der Waals surface area contributed by atoms with E-state index >= 15 is 0 Å². The van der Waals surface area contributed by atoms with Crippen molar-refractivity contribution in [2.75, 3.05) is 0 Å². The second kappa shape index (κ2) is 4.57. The van der Waals surface area contributed by atoms with Gasteiger partial charge in [0.2, 0.25) is 5.92 Å². The minimum atomic E-state index is -2.28. The number of carbonyl (C=O) groups excluding carboxylic acids is 1. The molecule has 0 aromatic heterocycles. The lowest BCUT2D eigenvalue weighted by Crippen LogP contribution is -2.27. The molecule has 2 N–H and O–H groups in total. The van der Waals surface area contributed by atoms with E-state index in [2.05, 4.69) is 4.74 Å². The first kappa shape index (κ1) is 13.1. The molecule has 0 bridgehead atoms. The molecule has 0 spiro atoms. The van der Waals surface area contributed by atoms with Crippen LogP contribution in [-0.4, -0.2) is 17.6 Å². The van der Waals surface area contributed by atoms with Gasteiger partial charge in [-0.25, -0.2) is 13.6 Å². The molecular weight excluding hydrogens is 192 g/mol. The highest BCUT2D eigenvalue weighted by Crippen LogP contribution is 2.36. The van der Waals surface area contributed by atoms with Crippen molar-refractivity contribution in [3.05, 3.63) is 0 Å². The Morgan fingerprint density at radius 3 is 1.71 bits per heavy atom. The zero-order valence-corrected chi connectivity index (χ0v) is 8.77. The number of amides is 1. The van der Waals surface area contributed by atoms with Gasteiger partial charge in [-0.15, -0.1) is 0 Å². The molecule has 0 saturated heterocycles. The quantitative estimate of drug-likeness (QED) is 0.666. The van der Waals surface area contributed by atoms with Crippen LogP contribution in [0.25, 0.3) is 0 Å². The molecule has 1 aliphatic carbocycles. The fourth-order valence-electron chi connectivity index (χ4n) is 0.746. The minimum absolute atomic E-state index is 0.118. The van der Waals surface area contributed by atoms with Crippen LogP contribution >= 0.6 is 0 Å². The van der Waals surface area contributed by atoms with Crippen molar-refractivity contribution >= 4 is 6.09 Å². The van der Waals surface area contributed by atoms with Gasteiger partial charge < -0.3 is 10.5 Å². The predicted molar refractivity (Wildman–Crippen MR) is 49.2 cm³/mol. The highest BCUT2D eigenvalue weighted by molar-refractivity contribution is 5.65. The smallest absolute Gasteiger partial charge is 0.405 e. The van der Waals surface area contributed by atoms with Crippen LogP contribution in [0.5, 0.6) is 0 Å². The number of primary amides is 1. The van der Waals surface area contributed by atoms with Crippen LogP contribution < -0.4 is 5.73 Å². The molecule has 0 atom stereocenters. The van der Waals surface area contributed by atoms with Crippen molar-refractivity contribution in [1.82, 2.24) is 0 Å². The Labute approximate surface area is 82.6 Å². The van der Waals surface area contributed by atoms with Crippen LogP contribution in [0.15, 0.2) is 0 Å². The van der Waals surface area contributed by atoms with Crippen LogP contribution in [-0.2, 0) is 4.74 Å². The van der Waals surface area contributed by atoms with Crippen LogP contribution in [0, 0.1) is 0 Å². The van der Waals surface area contributed by atoms with Crippen LogP contribution in [0.3, 0.4) is 0 Å². The molecule has 3 nitrogen and oxygen atoms in total. The molecule has 0 aromatic carbocycles. The molecule has 0 aliphatic heterocycles. The van der Waals surface area contributed by atoms with Gasteiger partial charge in [-0.3, -0.25) is 0 Å². The average molecular weight is 209 g/mol. The average Bonchev–Trinajstić information content (AvgIpc) is 1.79. The zero-order valence-electron chi connectivity index (χ0n) is 8.77. The lowest BCUT2D eigenvalue weighted by Gasteiger charge is -2.23. The standard InChI is InChI=1S/C5H11NO2.C4H6F2/c1-5(2,3)8-4(6)7;5-4(6)2-1-3-4/h1-3H3,(H2,6,7);1-3H2. The molecular formula is C9H17F2NO2. The van der Waals surface area contributed by atoms with Gasteiger partial charge >= 0.3 is 6.09 Å². The molecule has 1 rings (SSSR count). The van der Waals surface area contributed by atoms with Crippen molar-refractivity contribution in [2.24, 2.45) is 5.73 Å². The number of carbonyl (C=O) groups is 1. The zero-order chi connectivity index (χ0) is 11.4. The van der Waals surface area contributed by atoms with E-state index in [0.29, 0.717) is 6.42 Å². The molecule has 0 unspecified atom stereocenters. The number of ether oxygens (including phenoxy) is 1. The third kappa shape index (κ3) is 7.76. The Kier molecular flexibility index (Phi) is 4.29. The summed E-state index contributed by atoms with van der Waals surface area (Å²) in [6.45, 7) is 5.28. The van der Waals surface area contributed by atoms with Crippen molar-refractivity contribution in [1.29, 1.82) is 0 Å². The van der Waals surface area contributed by atoms with Crippen LogP contribution in [0.2, 0.25) is 0 Å². The van der Waals surface area contributed by atoms with Gasteiger partial charge in [0.05, 0.1) is 0 Å². The first-order valence-electron chi connectivity index (χ1n) is 4.49. The SMILES string of the molecule is CC(C)(C)OC(N)=O.FC1(F)CCC1. The molecule has 0 aromatic rings. The summed E-state index contributed by atoms with van der Waals surface area (Å²) in [6, 6.07) is 0. The summed E-state index contributed by atoms with van der Waals surface area (Å²) in [7, 11) is 0. The molecule has 1 amide bonds. The van der Waals surface area contributed by atoms with E-state index in [9.17, 15) is 13.6 Å². The molecule has 1 fully saturated rings. The minimum Gasteiger partial charge on any atom is -0.444 e. The van der Waals surface area contributed by atoms with Gasteiger partial charge in [0.1, 0.15) is 5.60 Å². The lowest BCUT2D eigenvalue weighted by molar-refractivity contribution is -0.0717. The maximum atomic E-state index is 11.5. The summed E-state index contributed by atoms with van der Waals surface area (Å²) in [5.74, 6) is -2.28. The predicted octanol–water partition coefficient (Wildman–Crippen LogP) is 2.69. The first-order chi connectivity index (χ1) is 6.12. The van der Waals surface area contributed by atoms with Crippen LogP contribution in [0.4, 0.5) is 13.6 Å². The molecule has 1 saturated carbocycles. The van der Waals surface area contributed by atoms with Crippen molar-refractivity contribution in [3.63, 3.8) is 0 Å². The Morgan fingerprint density at radius 2 is 1.71 bits per heavy atom. The Balaban J connectivity index is 0.000000249. The van der Waals surface area contributed by atoms with E-state index in [1.807, 2.05) is 0 Å². The normalized spacial score (nSPS) is 18.6. The third-order valence-electron chi connectivity index (χ3n) is 1.49. The highest BCUT2D eigenvalue weighted by Gasteiger charge is 2.36. The van der Waals surface area contributed by atoms with Gasteiger partial charge in [0, 0.05) is 12.8 Å². The topological polar surface area (TPSA) is 52.3 Å². The fraction of sp³-hybridized carbons (Fsp3) is 0.889. The Bertz CT molecular complexity index is 193. The van der Waals surface area contributed by atoms with Crippen LogP contribution in [0.1, 0.15) is 40.0 Å². The molecule has 0 radical (unpaired) electrons. The van der Waals surface area contributed by atoms with Gasteiger partial charge in [0.15, 0.2) is 0 Å². The maximum absolute atomic E-state index is 11.5. The number of rotatable bonds is 0. The van der Waals surface area contributed by atoms with E-state index < -0.39 is 17.6 Å². The first-order valence-corrected chi connectivity index (χ1v) is 4.49. The summed E-state index contributed by atoms with van der Waals surface area (Å²) in [5, 5.41) is 0. The maximum Gasteiger partial charge on any atom is 0.405 e. The second-order valence-electron chi connectivity index (χ2n) is 4.24. The monoisotopic (exact) mass is 209 g/mol. The van der Waals surface area contributed by atoms with Gasteiger partial charge in [-0.05, 0) is 27.2 Å². The van der Waals surface area contributed by atoms with E-state index in [1.165, 1.54) is 0 Å². The van der Waals surface area contributed by atoms with Gasteiger partial charge in [-0.2, -0.15) is 0 Å². The summed E-state index contributed by atoms with van der Waals surface area (Å²) in [4.78, 5) is 10.0. The Hall–Kier alpha value is -0.870. The summed E-state index contributed by atoms with van der Waals surface area (Å²) >= 11 is 0. The molecule has 5 heteroatoms. The number of nitrogens with two attached hydrogens (primary N) is 1. The molecule has 14 heavy (non-hydrogen) atoms. The number of hydrogen-bond acceptors (Lipinski definition) is 2. The van der Waals surface area contributed by atoms with E-state index in [-0.39, 0.29) is 12.8 Å². The highest BCUT2D eigenvalue weighted by atomic mass is 19.3. The molecule has 0 heterocycles. The number of hydrogen-bond donors (Lipinski definition) is 1. The van der Waals surface area contributed by atoms with E-state index in [0.717, 1.165) is 0 Å². The van der Waals surface area contributed by atoms with Gasteiger partial charge in [-0.1, -0.05) is 0 Å². The van der Waals surface area contributed by atoms with E-state index in [4.69, 9.17) is 5.73 Å².